The molecule has 3 saturated heterocycles. The molecule has 2 aromatic carbocycles. The molecular weight excluding hydrogens is 678 g/mol. The van der Waals surface area contributed by atoms with Gasteiger partial charge in [-0.25, -0.2) is 8.78 Å². The van der Waals surface area contributed by atoms with Crippen LogP contribution in [0.15, 0.2) is 53.2 Å². The number of carbonyl (C=O) groups excluding carboxylic acids is 1. The quantitative estimate of drug-likeness (QED) is 0.142. The highest BCUT2D eigenvalue weighted by molar-refractivity contribution is 5.99. The first-order valence-electron chi connectivity index (χ1n) is 18.7. The topological polar surface area (TPSA) is 114 Å². The first kappa shape index (κ1) is 36.3. The number of fused-ring (bicyclic) bond motifs is 3. The van der Waals surface area contributed by atoms with Crippen LogP contribution < -0.4 is 9.64 Å². The van der Waals surface area contributed by atoms with Gasteiger partial charge in [-0.2, -0.15) is 15.0 Å². The Bertz CT molecular complexity index is 2140. The molecule has 1 unspecified atom stereocenters. The summed E-state index contributed by atoms with van der Waals surface area (Å²) in [5, 5.41) is 5.28. The summed E-state index contributed by atoms with van der Waals surface area (Å²) < 4.78 is 43.5. The van der Waals surface area contributed by atoms with Gasteiger partial charge < -0.3 is 19.1 Å². The van der Waals surface area contributed by atoms with Crippen LogP contribution in [0.4, 0.5) is 14.6 Å². The largest absolute Gasteiger partial charge is 0.461 e. The molecule has 3 aliphatic rings. The van der Waals surface area contributed by atoms with Gasteiger partial charge in [-0.05, 0) is 56.6 Å². The Balaban J connectivity index is 0.00000214. The number of nitrogens with zero attached hydrogens (tertiary/aromatic N) is 8. The lowest BCUT2D eigenvalue weighted by molar-refractivity contribution is -0.124. The molecule has 0 spiro atoms. The molecule has 3 fully saturated rings. The lowest BCUT2D eigenvalue weighted by Crippen LogP contribution is -2.43. The zero-order valence-corrected chi connectivity index (χ0v) is 31.0. The fraction of sp³-hybridized carbons (Fsp3) is 0.450. The van der Waals surface area contributed by atoms with Crippen LogP contribution in [0, 0.1) is 11.6 Å². The maximum atomic E-state index is 16.8. The van der Waals surface area contributed by atoms with Crippen LogP contribution in [0.5, 0.6) is 6.01 Å². The third kappa shape index (κ3) is 6.94. The molecule has 0 saturated carbocycles. The van der Waals surface area contributed by atoms with Gasteiger partial charge in [0.2, 0.25) is 5.91 Å². The van der Waals surface area contributed by atoms with Crippen molar-refractivity contribution in [2.45, 2.75) is 77.3 Å². The number of amides is 1. The Kier molecular flexibility index (Phi) is 10.4. The van der Waals surface area contributed by atoms with E-state index in [-0.39, 0.29) is 46.5 Å². The van der Waals surface area contributed by atoms with Gasteiger partial charge in [-0.15, -0.1) is 0 Å². The highest BCUT2D eigenvalue weighted by atomic mass is 19.1. The molecule has 1 amide bonds. The number of hydrogen-bond acceptors (Lipinski definition) is 10. The van der Waals surface area contributed by atoms with E-state index < -0.39 is 11.6 Å². The fourth-order valence-corrected chi connectivity index (χ4v) is 7.92. The third-order valence-electron chi connectivity index (χ3n) is 10.7. The van der Waals surface area contributed by atoms with E-state index in [2.05, 4.69) is 25.0 Å². The van der Waals surface area contributed by atoms with Crippen LogP contribution >= 0.6 is 0 Å². The Morgan fingerprint density at radius 1 is 1.08 bits per heavy atom. The lowest BCUT2D eigenvalue weighted by Gasteiger charge is -2.31. The average Bonchev–Trinajstić information content (AvgIpc) is 3.99. The molecule has 0 radical (unpaired) electrons. The number of halogens is 2. The van der Waals surface area contributed by atoms with Crippen molar-refractivity contribution in [2.24, 2.45) is 0 Å². The average molecular weight is 725 g/mol. The lowest BCUT2D eigenvalue weighted by atomic mass is 9.95. The van der Waals surface area contributed by atoms with E-state index in [1.54, 1.807) is 41.4 Å². The number of likely N-dealkylation sites (tertiary alicyclic amines) is 1. The van der Waals surface area contributed by atoms with Crippen LogP contribution in [0.2, 0.25) is 0 Å². The zero-order chi connectivity index (χ0) is 37.3. The van der Waals surface area contributed by atoms with Crippen molar-refractivity contribution >= 4 is 39.5 Å². The minimum Gasteiger partial charge on any atom is -0.461 e. The van der Waals surface area contributed by atoms with E-state index in [0.717, 1.165) is 38.8 Å². The summed E-state index contributed by atoms with van der Waals surface area (Å²) in [5.41, 5.74) is 0.316. The third-order valence-corrected chi connectivity index (χ3v) is 10.7. The van der Waals surface area contributed by atoms with Gasteiger partial charge in [0.25, 0.3) is 5.89 Å². The molecule has 3 aliphatic heterocycles. The minimum absolute atomic E-state index is 0.000931. The van der Waals surface area contributed by atoms with Crippen molar-refractivity contribution in [1.29, 1.82) is 0 Å². The summed E-state index contributed by atoms with van der Waals surface area (Å²) in [6, 6.07) is 9.94. The van der Waals surface area contributed by atoms with E-state index in [0.29, 0.717) is 59.5 Å². The number of anilines is 1. The summed E-state index contributed by atoms with van der Waals surface area (Å²) in [4.78, 5) is 37.7. The number of ether oxygens (including phenoxy) is 1. The van der Waals surface area contributed by atoms with Gasteiger partial charge in [0, 0.05) is 61.4 Å². The maximum absolute atomic E-state index is 16.8. The first-order chi connectivity index (χ1) is 25.7. The molecule has 3 aromatic heterocycles. The number of likely N-dealkylation sites (N-methyl/N-ethyl adjacent to an activating group) is 1. The minimum atomic E-state index is -0.679. The summed E-state index contributed by atoms with van der Waals surface area (Å²) in [7, 11) is 1.88. The van der Waals surface area contributed by atoms with E-state index >= 15 is 8.78 Å². The molecule has 0 aliphatic carbocycles. The number of hydrogen-bond donors (Lipinski definition) is 0. The number of carbonyl (C=O) groups is 1. The van der Waals surface area contributed by atoms with Crippen molar-refractivity contribution < 1.29 is 22.8 Å². The number of pyridine rings is 1. The Morgan fingerprint density at radius 3 is 2.57 bits per heavy atom. The molecule has 6 heterocycles. The predicted molar refractivity (Wildman–Crippen MR) is 201 cm³/mol. The summed E-state index contributed by atoms with van der Waals surface area (Å²) >= 11 is 0. The standard InChI is InChI=1S/C38H40F2N8O3.C2H6/c1-23(2)35-42-29(51-45-35)12-13-30(49)47-19-14-25(21-47)46(3)36-27-20-41-33(26-10-4-8-24-9-5-11-28(39)31(24)26)32(40)34(27)43-37(44-36)50-22-38-15-6-17-48(38)18-7-16-38;1-2/h4-5,8-13,20,23,25H,6-7,14-19,21-22H2,1-3H3;1-2H3/b13-12+;. The van der Waals surface area contributed by atoms with Crippen molar-refractivity contribution in [3.05, 3.63) is 72.0 Å². The van der Waals surface area contributed by atoms with Gasteiger partial charge in [0.15, 0.2) is 11.6 Å². The van der Waals surface area contributed by atoms with Gasteiger partial charge in [-0.1, -0.05) is 63.2 Å². The van der Waals surface area contributed by atoms with Gasteiger partial charge in [0.05, 0.1) is 10.9 Å². The molecule has 5 aromatic rings. The highest BCUT2D eigenvalue weighted by Crippen LogP contribution is 2.40. The molecule has 13 heteroatoms. The predicted octanol–water partition coefficient (Wildman–Crippen LogP) is 7.41. The van der Waals surface area contributed by atoms with Crippen LogP contribution in [-0.4, -0.2) is 92.2 Å². The molecule has 0 N–H and O–H groups in total. The van der Waals surface area contributed by atoms with Gasteiger partial charge >= 0.3 is 6.01 Å². The molecule has 8 rings (SSSR count). The summed E-state index contributed by atoms with van der Waals surface area (Å²) in [5.74, 6) is 0.105. The van der Waals surface area contributed by atoms with Gasteiger partial charge in [0.1, 0.15) is 29.5 Å². The molecule has 53 heavy (non-hydrogen) atoms. The molecule has 1 atom stereocenters. The second-order valence-electron chi connectivity index (χ2n) is 14.2. The van der Waals surface area contributed by atoms with E-state index in [4.69, 9.17) is 14.2 Å². The van der Waals surface area contributed by atoms with Crippen molar-refractivity contribution in [3.63, 3.8) is 0 Å². The second kappa shape index (κ2) is 15.1. The van der Waals surface area contributed by atoms with Gasteiger partial charge in [-0.3, -0.25) is 14.7 Å². The first-order valence-corrected chi connectivity index (χ1v) is 18.7. The molecular formula is C40H46F2N8O3. The van der Waals surface area contributed by atoms with Crippen LogP contribution in [-0.2, 0) is 4.79 Å². The molecule has 0 bridgehead atoms. The number of aromatic nitrogens is 5. The fourth-order valence-electron chi connectivity index (χ4n) is 7.92. The van der Waals surface area contributed by atoms with Crippen LogP contribution in [0.25, 0.3) is 39.0 Å². The number of rotatable bonds is 9. The second-order valence-corrected chi connectivity index (χ2v) is 14.2. The summed E-state index contributed by atoms with van der Waals surface area (Å²) in [6.45, 7) is 11.4. The smallest absolute Gasteiger partial charge is 0.319 e. The zero-order valence-electron chi connectivity index (χ0n) is 31.0. The normalized spacial score (nSPS) is 18.3. The van der Waals surface area contributed by atoms with Crippen molar-refractivity contribution in [3.8, 4) is 17.3 Å². The van der Waals surface area contributed by atoms with E-state index in [1.807, 2.05) is 39.6 Å². The Hall–Kier alpha value is -5.04. The van der Waals surface area contributed by atoms with Crippen LogP contribution in [0.3, 0.4) is 0 Å². The molecule has 11 nitrogen and oxygen atoms in total. The SMILES string of the molecule is CC.CC(C)c1noc(/C=C/C(=O)N2CCC(N(C)c3nc(OCC45CCCN4CCC5)nc4c(F)c(-c5cccc6cccc(F)c56)ncc34)C2)n1. The van der Waals surface area contributed by atoms with Crippen molar-refractivity contribution in [2.75, 3.05) is 44.7 Å². The Morgan fingerprint density at radius 2 is 1.83 bits per heavy atom. The Labute approximate surface area is 308 Å². The molecule has 278 valence electrons. The monoisotopic (exact) mass is 724 g/mol. The van der Waals surface area contributed by atoms with E-state index in [1.165, 1.54) is 18.2 Å². The summed E-state index contributed by atoms with van der Waals surface area (Å²) in [6.07, 6.45) is 9.48. The van der Waals surface area contributed by atoms with Crippen molar-refractivity contribution in [1.82, 2.24) is 34.9 Å². The van der Waals surface area contributed by atoms with Crippen LogP contribution in [0.1, 0.15) is 77.4 Å². The number of benzene rings is 2. The maximum Gasteiger partial charge on any atom is 0.319 e. The highest BCUT2D eigenvalue weighted by Gasteiger charge is 2.45. The van der Waals surface area contributed by atoms with E-state index in [9.17, 15) is 4.79 Å².